The van der Waals surface area contributed by atoms with E-state index < -0.39 is 5.97 Å². The van der Waals surface area contributed by atoms with E-state index in [4.69, 9.17) is 5.11 Å². The molecular weight excluding hydrogens is 328 g/mol. The van der Waals surface area contributed by atoms with Crippen molar-refractivity contribution < 1.29 is 9.90 Å². The minimum Gasteiger partial charge on any atom is -0.481 e. The molecule has 0 unspecified atom stereocenters. The van der Waals surface area contributed by atoms with Crippen LogP contribution in [0.3, 0.4) is 0 Å². The second-order valence-electron chi connectivity index (χ2n) is 6.39. The van der Waals surface area contributed by atoms with Crippen LogP contribution >= 0.6 is 11.3 Å². The Labute approximate surface area is 155 Å². The molecule has 0 aliphatic rings. The maximum absolute atomic E-state index is 10.4. The number of rotatable bonds is 12. The molecule has 2 rings (SSSR count). The standard InChI is InChI=1S/C22H28O2S/c23-22(24)16-9-4-2-1-3-8-14-20-17-18-21(25-20)15-10-13-19-11-6-5-7-12-19/h5-8,11-12,14,17-18H,1-4,9-10,13,15-16H2,(H,23,24). The molecule has 25 heavy (non-hydrogen) atoms. The van der Waals surface area contributed by atoms with Crippen LogP contribution in [-0.4, -0.2) is 11.1 Å². The van der Waals surface area contributed by atoms with Gasteiger partial charge in [0.2, 0.25) is 0 Å². The first-order chi connectivity index (χ1) is 12.2. The average Bonchev–Trinajstić information content (AvgIpc) is 3.06. The van der Waals surface area contributed by atoms with Crippen molar-refractivity contribution in [1.82, 2.24) is 0 Å². The van der Waals surface area contributed by atoms with Gasteiger partial charge in [0.1, 0.15) is 0 Å². The molecule has 0 radical (unpaired) electrons. The average molecular weight is 357 g/mol. The summed E-state index contributed by atoms with van der Waals surface area (Å²) in [5.41, 5.74) is 1.42. The third-order valence-corrected chi connectivity index (χ3v) is 5.32. The van der Waals surface area contributed by atoms with E-state index in [9.17, 15) is 4.79 Å². The van der Waals surface area contributed by atoms with Crippen LogP contribution in [0, 0.1) is 0 Å². The Morgan fingerprint density at radius 1 is 0.920 bits per heavy atom. The Hall–Kier alpha value is -1.87. The Morgan fingerprint density at radius 3 is 2.52 bits per heavy atom. The maximum Gasteiger partial charge on any atom is 0.303 e. The van der Waals surface area contributed by atoms with Gasteiger partial charge in [0.25, 0.3) is 0 Å². The first kappa shape index (κ1) is 19.5. The van der Waals surface area contributed by atoms with Crippen molar-refractivity contribution in [3.63, 3.8) is 0 Å². The number of carbonyl (C=O) groups is 1. The predicted octanol–water partition coefficient (Wildman–Crippen LogP) is 6.36. The second-order valence-corrected chi connectivity index (χ2v) is 7.59. The molecule has 2 nitrogen and oxygen atoms in total. The lowest BCUT2D eigenvalue weighted by atomic mass is 10.1. The fourth-order valence-electron chi connectivity index (χ4n) is 2.82. The third kappa shape index (κ3) is 8.69. The number of unbranched alkanes of at least 4 members (excludes halogenated alkanes) is 4. The van der Waals surface area contributed by atoms with Gasteiger partial charge in [-0.25, -0.2) is 0 Å². The molecule has 0 fully saturated rings. The summed E-state index contributed by atoms with van der Waals surface area (Å²) in [6, 6.07) is 15.1. The molecule has 0 aliphatic carbocycles. The van der Waals surface area contributed by atoms with Crippen LogP contribution in [0.5, 0.6) is 0 Å². The number of hydrogen-bond acceptors (Lipinski definition) is 2. The number of carboxylic acid groups (broad SMARTS) is 1. The van der Waals surface area contributed by atoms with Crippen LogP contribution in [0.25, 0.3) is 6.08 Å². The number of thiophene rings is 1. The molecule has 0 amide bonds. The zero-order chi connectivity index (χ0) is 17.7. The zero-order valence-electron chi connectivity index (χ0n) is 14.8. The fraction of sp³-hybridized carbons (Fsp3) is 0.409. The van der Waals surface area contributed by atoms with Crippen LogP contribution in [0.15, 0.2) is 48.5 Å². The van der Waals surface area contributed by atoms with Crippen molar-refractivity contribution in [2.24, 2.45) is 0 Å². The minimum absolute atomic E-state index is 0.304. The largest absolute Gasteiger partial charge is 0.481 e. The Balaban J connectivity index is 1.58. The van der Waals surface area contributed by atoms with Crippen molar-refractivity contribution in [2.45, 2.75) is 57.8 Å². The molecule has 0 spiro atoms. The van der Waals surface area contributed by atoms with Gasteiger partial charge in [-0.15, -0.1) is 11.3 Å². The Bertz CT molecular complexity index is 643. The molecule has 134 valence electrons. The normalized spacial score (nSPS) is 11.2. The molecule has 1 heterocycles. The summed E-state index contributed by atoms with van der Waals surface area (Å²) in [7, 11) is 0. The lowest BCUT2D eigenvalue weighted by molar-refractivity contribution is -0.137. The zero-order valence-corrected chi connectivity index (χ0v) is 15.6. The number of aliphatic carboxylic acids is 1. The molecule has 0 bridgehead atoms. The summed E-state index contributed by atoms with van der Waals surface area (Å²) in [5, 5.41) is 8.58. The van der Waals surface area contributed by atoms with E-state index in [0.717, 1.165) is 44.9 Å². The molecule has 0 saturated carbocycles. The third-order valence-electron chi connectivity index (χ3n) is 4.21. The van der Waals surface area contributed by atoms with Crippen LogP contribution < -0.4 is 0 Å². The lowest BCUT2D eigenvalue weighted by Gasteiger charge is -1.99. The van der Waals surface area contributed by atoms with Crippen LogP contribution in [-0.2, 0) is 17.6 Å². The summed E-state index contributed by atoms with van der Waals surface area (Å²) in [6.45, 7) is 0. The van der Waals surface area contributed by atoms with Gasteiger partial charge in [-0.05, 0) is 62.3 Å². The van der Waals surface area contributed by atoms with Gasteiger partial charge in [0.15, 0.2) is 0 Å². The minimum atomic E-state index is -0.683. The van der Waals surface area contributed by atoms with Crippen LogP contribution in [0.4, 0.5) is 0 Å². The van der Waals surface area contributed by atoms with E-state index in [-0.39, 0.29) is 0 Å². The highest BCUT2D eigenvalue weighted by atomic mass is 32.1. The first-order valence-corrected chi connectivity index (χ1v) is 10.1. The molecule has 3 heteroatoms. The van der Waals surface area contributed by atoms with E-state index in [1.54, 1.807) is 0 Å². The summed E-state index contributed by atoms with van der Waals surface area (Å²) in [4.78, 5) is 13.2. The quantitative estimate of drug-likeness (QED) is 0.449. The number of benzene rings is 1. The monoisotopic (exact) mass is 356 g/mol. The van der Waals surface area contributed by atoms with Gasteiger partial charge in [-0.1, -0.05) is 49.2 Å². The van der Waals surface area contributed by atoms with Gasteiger partial charge in [-0.3, -0.25) is 4.79 Å². The van der Waals surface area contributed by atoms with Crippen molar-refractivity contribution in [3.05, 3.63) is 63.9 Å². The van der Waals surface area contributed by atoms with E-state index in [0.29, 0.717) is 6.42 Å². The van der Waals surface area contributed by atoms with E-state index >= 15 is 0 Å². The van der Waals surface area contributed by atoms with Crippen LogP contribution in [0.2, 0.25) is 0 Å². The smallest absolute Gasteiger partial charge is 0.303 e. The van der Waals surface area contributed by atoms with Gasteiger partial charge >= 0.3 is 5.97 Å². The van der Waals surface area contributed by atoms with Crippen molar-refractivity contribution in [3.8, 4) is 0 Å². The Kier molecular flexibility index (Phi) is 9.06. The van der Waals surface area contributed by atoms with E-state index in [1.807, 2.05) is 11.3 Å². The summed E-state index contributed by atoms with van der Waals surface area (Å²) in [5.74, 6) is -0.683. The highest BCUT2D eigenvalue weighted by Crippen LogP contribution is 2.20. The highest BCUT2D eigenvalue weighted by molar-refractivity contribution is 7.12. The lowest BCUT2D eigenvalue weighted by Crippen LogP contribution is -1.93. The number of aryl methyl sites for hydroxylation is 2. The topological polar surface area (TPSA) is 37.3 Å². The van der Waals surface area contributed by atoms with Gasteiger partial charge in [0.05, 0.1) is 0 Å². The SMILES string of the molecule is O=C(O)CCCCCCC=Cc1ccc(CCCc2ccccc2)s1. The van der Waals surface area contributed by atoms with Crippen molar-refractivity contribution >= 4 is 23.4 Å². The summed E-state index contributed by atoms with van der Waals surface area (Å²) in [6.07, 6.45) is 13.4. The molecule has 1 aromatic carbocycles. The molecule has 2 aromatic rings. The maximum atomic E-state index is 10.4. The van der Waals surface area contributed by atoms with Gasteiger partial charge in [-0.2, -0.15) is 0 Å². The van der Waals surface area contributed by atoms with Gasteiger partial charge in [0, 0.05) is 16.2 Å². The van der Waals surface area contributed by atoms with Crippen molar-refractivity contribution in [1.29, 1.82) is 0 Å². The first-order valence-electron chi connectivity index (χ1n) is 9.25. The fourth-order valence-corrected chi connectivity index (χ4v) is 3.81. The number of hydrogen-bond donors (Lipinski definition) is 1. The number of carboxylic acids is 1. The van der Waals surface area contributed by atoms with Gasteiger partial charge < -0.3 is 5.11 Å². The highest BCUT2D eigenvalue weighted by Gasteiger charge is 1.99. The summed E-state index contributed by atoms with van der Waals surface area (Å²) < 4.78 is 0. The van der Waals surface area contributed by atoms with Crippen molar-refractivity contribution in [2.75, 3.05) is 0 Å². The number of allylic oxidation sites excluding steroid dienone is 1. The molecule has 0 aliphatic heterocycles. The van der Waals surface area contributed by atoms with E-state index in [2.05, 4.69) is 54.6 Å². The molecule has 0 atom stereocenters. The van der Waals surface area contributed by atoms with E-state index in [1.165, 1.54) is 21.7 Å². The molecule has 0 saturated heterocycles. The molecule has 1 aromatic heterocycles. The summed E-state index contributed by atoms with van der Waals surface area (Å²) >= 11 is 1.89. The van der Waals surface area contributed by atoms with Crippen LogP contribution in [0.1, 0.15) is 60.3 Å². The molecular formula is C22H28O2S. The second kappa shape index (κ2) is 11.6. The molecule has 1 N–H and O–H groups in total. The predicted molar refractivity (Wildman–Crippen MR) is 107 cm³/mol. The Morgan fingerprint density at radius 2 is 1.72 bits per heavy atom.